The molecule has 1 amide bonds. The molecule has 0 aliphatic carbocycles. The number of hydrogen-bond acceptors (Lipinski definition) is 7. The highest BCUT2D eigenvalue weighted by molar-refractivity contribution is 8.02. The summed E-state index contributed by atoms with van der Waals surface area (Å²) in [7, 11) is 1.66. The number of ether oxygens (including phenoxy) is 1. The zero-order valence-electron chi connectivity index (χ0n) is 10.8. The third-order valence-electron chi connectivity index (χ3n) is 2.72. The van der Waals surface area contributed by atoms with Gasteiger partial charge in [0.2, 0.25) is 11.0 Å². The number of anilines is 1. The fourth-order valence-electron chi connectivity index (χ4n) is 1.73. The van der Waals surface area contributed by atoms with E-state index in [4.69, 9.17) is 4.74 Å². The average Bonchev–Trinajstić information content (AvgIpc) is 2.75. The summed E-state index contributed by atoms with van der Waals surface area (Å²) in [5, 5.41) is 14.9. The van der Waals surface area contributed by atoms with E-state index in [0.29, 0.717) is 13.2 Å². The Hall–Kier alpha value is -0.860. The number of methoxy groups -OCH3 is 1. The Kier molecular flexibility index (Phi) is 5.87. The Balaban J connectivity index is 1.86. The number of thioether (sulfide) groups is 1. The highest BCUT2D eigenvalue weighted by atomic mass is 32.2. The van der Waals surface area contributed by atoms with Gasteiger partial charge in [-0.25, -0.2) is 0 Å². The van der Waals surface area contributed by atoms with Crippen molar-refractivity contribution in [2.75, 3.05) is 32.1 Å². The molecule has 1 aliphatic heterocycles. The molecule has 106 valence electrons. The molecule has 1 aromatic rings. The highest BCUT2D eigenvalue weighted by Gasteiger charge is 2.23. The molecule has 6 nitrogen and oxygen atoms in total. The second-order valence-corrected chi connectivity index (χ2v) is 6.61. The zero-order valence-corrected chi connectivity index (χ0v) is 12.5. The molecule has 1 aromatic heterocycles. The maximum Gasteiger partial charge on any atom is 0.233 e. The molecular formula is C11H18N4O2S2. The zero-order chi connectivity index (χ0) is 13.5. The van der Waals surface area contributed by atoms with Crippen LogP contribution in [0.15, 0.2) is 4.34 Å². The minimum absolute atomic E-state index is 0.0396. The van der Waals surface area contributed by atoms with Crippen molar-refractivity contribution in [2.45, 2.75) is 28.9 Å². The van der Waals surface area contributed by atoms with Crippen molar-refractivity contribution >= 4 is 34.1 Å². The van der Waals surface area contributed by atoms with Crippen molar-refractivity contribution in [3.63, 3.8) is 0 Å². The van der Waals surface area contributed by atoms with Gasteiger partial charge in [0.25, 0.3) is 0 Å². The Morgan fingerprint density at radius 3 is 3.26 bits per heavy atom. The largest absolute Gasteiger partial charge is 0.383 e. The normalized spacial score (nSPS) is 19.8. The summed E-state index contributed by atoms with van der Waals surface area (Å²) in [6.07, 6.45) is 3.04. The SMILES string of the molecule is COCCNc1nnc(SC2CCCCNC2=O)s1. The van der Waals surface area contributed by atoms with Gasteiger partial charge in [-0.2, -0.15) is 0 Å². The number of nitrogens with one attached hydrogen (secondary N) is 2. The average molecular weight is 302 g/mol. The molecule has 1 fully saturated rings. The predicted octanol–water partition coefficient (Wildman–Crippen LogP) is 1.36. The van der Waals surface area contributed by atoms with Crippen LogP contribution in [0.4, 0.5) is 5.13 Å². The first-order valence-electron chi connectivity index (χ1n) is 6.30. The van der Waals surface area contributed by atoms with Crippen LogP contribution in [-0.2, 0) is 9.53 Å². The lowest BCUT2D eigenvalue weighted by Crippen LogP contribution is -2.30. The van der Waals surface area contributed by atoms with Crippen molar-refractivity contribution < 1.29 is 9.53 Å². The number of nitrogens with zero attached hydrogens (tertiary/aromatic N) is 2. The Morgan fingerprint density at radius 2 is 2.42 bits per heavy atom. The standard InChI is InChI=1S/C11H18N4O2S2/c1-17-7-6-13-10-14-15-11(19-10)18-8-4-2-3-5-12-9(8)16/h8H,2-7H2,1H3,(H,12,16)(H,13,14). The van der Waals surface area contributed by atoms with Gasteiger partial charge in [-0.15, -0.1) is 10.2 Å². The van der Waals surface area contributed by atoms with Gasteiger partial charge in [-0.1, -0.05) is 29.5 Å². The Morgan fingerprint density at radius 1 is 1.53 bits per heavy atom. The minimum atomic E-state index is -0.0396. The van der Waals surface area contributed by atoms with Gasteiger partial charge in [0.05, 0.1) is 11.9 Å². The lowest BCUT2D eigenvalue weighted by Gasteiger charge is -2.09. The van der Waals surface area contributed by atoms with Crippen molar-refractivity contribution in [1.82, 2.24) is 15.5 Å². The molecule has 2 N–H and O–H groups in total. The molecule has 19 heavy (non-hydrogen) atoms. The molecule has 0 saturated carbocycles. The molecule has 0 bridgehead atoms. The first-order chi connectivity index (χ1) is 9.29. The molecule has 1 aliphatic rings. The van der Waals surface area contributed by atoms with Gasteiger partial charge in [-0.05, 0) is 12.8 Å². The van der Waals surface area contributed by atoms with Crippen molar-refractivity contribution in [3.8, 4) is 0 Å². The summed E-state index contributed by atoms with van der Waals surface area (Å²) < 4.78 is 5.79. The van der Waals surface area contributed by atoms with E-state index in [1.807, 2.05) is 0 Å². The fraction of sp³-hybridized carbons (Fsp3) is 0.727. The molecule has 8 heteroatoms. The van der Waals surface area contributed by atoms with E-state index >= 15 is 0 Å². The maximum absolute atomic E-state index is 11.8. The van der Waals surface area contributed by atoms with Crippen LogP contribution in [0.1, 0.15) is 19.3 Å². The van der Waals surface area contributed by atoms with Gasteiger partial charge >= 0.3 is 0 Å². The topological polar surface area (TPSA) is 76.1 Å². The van der Waals surface area contributed by atoms with E-state index in [9.17, 15) is 4.79 Å². The molecule has 0 radical (unpaired) electrons. The Bertz CT molecular complexity index is 413. The molecule has 2 heterocycles. The van der Waals surface area contributed by atoms with E-state index in [1.165, 1.54) is 23.1 Å². The summed E-state index contributed by atoms with van der Waals surface area (Å²) in [4.78, 5) is 11.8. The van der Waals surface area contributed by atoms with Crippen LogP contribution < -0.4 is 10.6 Å². The molecule has 0 spiro atoms. The molecule has 0 aromatic carbocycles. The lowest BCUT2D eigenvalue weighted by molar-refractivity contribution is -0.120. The summed E-state index contributed by atoms with van der Waals surface area (Å²) >= 11 is 2.99. The molecule has 2 rings (SSSR count). The summed E-state index contributed by atoms with van der Waals surface area (Å²) in [6, 6.07) is 0. The van der Waals surface area contributed by atoms with Gasteiger partial charge in [0.1, 0.15) is 0 Å². The number of aromatic nitrogens is 2. The van der Waals surface area contributed by atoms with Gasteiger partial charge in [0.15, 0.2) is 4.34 Å². The van der Waals surface area contributed by atoms with Crippen molar-refractivity contribution in [2.24, 2.45) is 0 Å². The highest BCUT2D eigenvalue weighted by Crippen LogP contribution is 2.31. The maximum atomic E-state index is 11.8. The number of hydrogen-bond donors (Lipinski definition) is 2. The molecule has 1 atom stereocenters. The fourth-order valence-corrected chi connectivity index (χ4v) is 3.82. The molecular weight excluding hydrogens is 284 g/mol. The van der Waals surface area contributed by atoms with Gasteiger partial charge < -0.3 is 15.4 Å². The van der Waals surface area contributed by atoms with Crippen LogP contribution in [0.3, 0.4) is 0 Å². The van der Waals surface area contributed by atoms with E-state index in [0.717, 1.165) is 35.3 Å². The predicted molar refractivity (Wildman–Crippen MR) is 76.8 cm³/mol. The Labute approximate surface area is 120 Å². The van der Waals surface area contributed by atoms with Crippen molar-refractivity contribution in [1.29, 1.82) is 0 Å². The van der Waals surface area contributed by atoms with Crippen LogP contribution in [-0.4, -0.2) is 48.2 Å². The van der Waals surface area contributed by atoms with Crippen LogP contribution in [0, 0.1) is 0 Å². The third kappa shape index (κ3) is 4.63. The van der Waals surface area contributed by atoms with Crippen LogP contribution in [0.2, 0.25) is 0 Å². The van der Waals surface area contributed by atoms with Gasteiger partial charge in [-0.3, -0.25) is 4.79 Å². The van der Waals surface area contributed by atoms with Crippen LogP contribution in [0.5, 0.6) is 0 Å². The lowest BCUT2D eigenvalue weighted by atomic mass is 10.2. The van der Waals surface area contributed by atoms with Crippen LogP contribution in [0.25, 0.3) is 0 Å². The second-order valence-electron chi connectivity index (χ2n) is 4.19. The number of amides is 1. The number of carbonyl (C=O) groups is 1. The van der Waals surface area contributed by atoms with E-state index in [2.05, 4.69) is 20.8 Å². The third-order valence-corrected chi connectivity index (χ3v) is 4.95. The monoisotopic (exact) mass is 302 g/mol. The first kappa shape index (κ1) is 14.5. The van der Waals surface area contributed by atoms with E-state index < -0.39 is 0 Å². The van der Waals surface area contributed by atoms with E-state index in [-0.39, 0.29) is 11.2 Å². The number of rotatable bonds is 6. The van der Waals surface area contributed by atoms with Crippen molar-refractivity contribution in [3.05, 3.63) is 0 Å². The first-order valence-corrected chi connectivity index (χ1v) is 8.00. The van der Waals surface area contributed by atoms with Crippen LogP contribution >= 0.6 is 23.1 Å². The molecule has 1 unspecified atom stereocenters. The second kappa shape index (κ2) is 7.66. The smallest absolute Gasteiger partial charge is 0.233 e. The summed E-state index contributed by atoms with van der Waals surface area (Å²) in [6.45, 7) is 2.13. The van der Waals surface area contributed by atoms with Gasteiger partial charge in [0, 0.05) is 20.2 Å². The quantitative estimate of drug-likeness (QED) is 0.773. The minimum Gasteiger partial charge on any atom is -0.383 e. The summed E-state index contributed by atoms with van der Waals surface area (Å²) in [5.74, 6) is 0.117. The summed E-state index contributed by atoms with van der Waals surface area (Å²) in [5.41, 5.74) is 0. The molecule has 1 saturated heterocycles. The van der Waals surface area contributed by atoms with E-state index in [1.54, 1.807) is 7.11 Å². The number of carbonyl (C=O) groups excluding carboxylic acids is 1.